The van der Waals surface area contributed by atoms with Crippen molar-refractivity contribution in [3.63, 3.8) is 0 Å². The zero-order chi connectivity index (χ0) is 27.2. The van der Waals surface area contributed by atoms with Crippen molar-refractivity contribution in [1.82, 2.24) is 9.47 Å². The topological polar surface area (TPSA) is 81.8 Å². The number of amides is 1. The van der Waals surface area contributed by atoms with E-state index >= 15 is 0 Å². The van der Waals surface area contributed by atoms with Crippen molar-refractivity contribution in [2.45, 2.75) is 33.2 Å². The van der Waals surface area contributed by atoms with E-state index in [0.717, 1.165) is 30.9 Å². The lowest BCUT2D eigenvalue weighted by Crippen LogP contribution is -2.48. The summed E-state index contributed by atoms with van der Waals surface area (Å²) in [6.07, 6.45) is 3.26. The number of benzene rings is 1. The lowest BCUT2D eigenvalue weighted by atomic mass is 10.0. The molecule has 1 aromatic heterocycles. The summed E-state index contributed by atoms with van der Waals surface area (Å²) in [5.74, 6) is 0.618. The predicted octanol–water partition coefficient (Wildman–Crippen LogP) is 4.00. The lowest BCUT2D eigenvalue weighted by molar-refractivity contribution is -0.122. The van der Waals surface area contributed by atoms with Crippen molar-refractivity contribution in [2.24, 2.45) is 0 Å². The van der Waals surface area contributed by atoms with Crippen LogP contribution < -0.4 is 15.4 Å². The molecular formula is C28H33N5O3S2. The predicted molar refractivity (Wildman–Crippen MR) is 158 cm³/mol. The van der Waals surface area contributed by atoms with Gasteiger partial charge < -0.3 is 14.5 Å². The molecule has 0 unspecified atom stereocenters. The number of anilines is 2. The third kappa shape index (κ3) is 5.65. The van der Waals surface area contributed by atoms with Crippen molar-refractivity contribution in [1.29, 1.82) is 5.26 Å². The number of para-hydroxylation sites is 1. The average molecular weight is 552 g/mol. The molecule has 0 aliphatic carbocycles. The molecular weight excluding hydrogens is 518 g/mol. The molecule has 0 N–H and O–H groups in total. The number of hydrogen-bond donors (Lipinski definition) is 0. The Hall–Kier alpha value is -3.13. The number of nitriles is 1. The first kappa shape index (κ1) is 27.9. The van der Waals surface area contributed by atoms with Crippen molar-refractivity contribution >= 4 is 51.8 Å². The van der Waals surface area contributed by atoms with Gasteiger partial charge >= 0.3 is 0 Å². The van der Waals surface area contributed by atoms with E-state index in [4.69, 9.17) is 17.0 Å². The van der Waals surface area contributed by atoms with Crippen molar-refractivity contribution in [3.8, 4) is 6.07 Å². The molecule has 2 saturated heterocycles. The Balaban J connectivity index is 1.75. The highest BCUT2D eigenvalue weighted by atomic mass is 32.2. The van der Waals surface area contributed by atoms with Gasteiger partial charge in [-0.15, -0.1) is 0 Å². The minimum absolute atomic E-state index is 0.118. The monoisotopic (exact) mass is 551 g/mol. The summed E-state index contributed by atoms with van der Waals surface area (Å²) in [6, 6.07) is 12.4. The number of nitrogens with zero attached hydrogens (tertiary/aromatic N) is 5. The van der Waals surface area contributed by atoms with E-state index in [2.05, 4.69) is 28.0 Å². The quantitative estimate of drug-likeness (QED) is 0.263. The molecule has 2 fully saturated rings. The fourth-order valence-electron chi connectivity index (χ4n) is 4.92. The summed E-state index contributed by atoms with van der Waals surface area (Å²) in [6.45, 7) is 8.34. The summed E-state index contributed by atoms with van der Waals surface area (Å²) in [5.41, 5.74) is 2.34. The fourth-order valence-corrected chi connectivity index (χ4v) is 6.21. The summed E-state index contributed by atoms with van der Waals surface area (Å²) < 4.78 is 7.35. The van der Waals surface area contributed by atoms with Crippen LogP contribution in [-0.4, -0.2) is 66.1 Å². The first-order valence-electron chi connectivity index (χ1n) is 12.9. The van der Waals surface area contributed by atoms with Crippen molar-refractivity contribution in [3.05, 3.63) is 62.3 Å². The van der Waals surface area contributed by atoms with E-state index < -0.39 is 0 Å². The van der Waals surface area contributed by atoms with Crippen molar-refractivity contribution in [2.75, 3.05) is 56.2 Å². The van der Waals surface area contributed by atoms with Crippen LogP contribution >= 0.6 is 24.0 Å². The van der Waals surface area contributed by atoms with Crippen LogP contribution in [0.5, 0.6) is 0 Å². The van der Waals surface area contributed by atoms with E-state index in [1.165, 1.54) is 17.4 Å². The molecule has 8 nitrogen and oxygen atoms in total. The van der Waals surface area contributed by atoms with Gasteiger partial charge in [-0.1, -0.05) is 49.1 Å². The van der Waals surface area contributed by atoms with Gasteiger partial charge in [0, 0.05) is 64.2 Å². The van der Waals surface area contributed by atoms with Gasteiger partial charge in [-0.05, 0) is 43.5 Å². The second-order valence-corrected chi connectivity index (χ2v) is 11.0. The molecule has 0 bridgehead atoms. The van der Waals surface area contributed by atoms with Crippen LogP contribution in [0.25, 0.3) is 6.08 Å². The van der Waals surface area contributed by atoms with E-state index in [9.17, 15) is 14.9 Å². The smallest absolute Gasteiger partial charge is 0.270 e. The second kappa shape index (κ2) is 12.6. The van der Waals surface area contributed by atoms with Gasteiger partial charge in [0.25, 0.3) is 11.5 Å². The van der Waals surface area contributed by atoms with Crippen LogP contribution in [0.3, 0.4) is 0 Å². The van der Waals surface area contributed by atoms with Gasteiger partial charge in [0.05, 0.1) is 4.91 Å². The number of pyridine rings is 1. The van der Waals surface area contributed by atoms with E-state index in [-0.39, 0.29) is 17.0 Å². The van der Waals surface area contributed by atoms with E-state index in [0.29, 0.717) is 54.0 Å². The number of hydrogen-bond acceptors (Lipinski definition) is 8. The fraction of sp³-hybridized carbons (Fsp3) is 0.429. The molecule has 200 valence electrons. The standard InChI is InChI=1S/C28H33N5O3S2/c1-4-11-32-25(31-15-13-30(14-16-31)21-9-6-5-7-10-21)22(20(2)23(19-29)26(32)34)18-24-27(35)33(28(37)38-24)12-8-17-36-3/h5-7,9-10,18H,4,8,11-17H2,1-3H3. The van der Waals surface area contributed by atoms with Gasteiger partial charge in [0.1, 0.15) is 21.8 Å². The zero-order valence-electron chi connectivity index (χ0n) is 22.1. The first-order chi connectivity index (χ1) is 18.4. The average Bonchev–Trinajstić information content (AvgIpc) is 3.20. The van der Waals surface area contributed by atoms with Gasteiger partial charge in [0.15, 0.2) is 0 Å². The minimum atomic E-state index is -0.281. The molecule has 2 aliphatic rings. The van der Waals surface area contributed by atoms with Gasteiger partial charge in [-0.3, -0.25) is 19.1 Å². The largest absolute Gasteiger partial charge is 0.385 e. The van der Waals surface area contributed by atoms with Crippen LogP contribution in [0.4, 0.5) is 11.5 Å². The number of ether oxygens (including phenoxy) is 1. The molecule has 0 atom stereocenters. The molecule has 4 rings (SSSR count). The molecule has 2 aromatic rings. The molecule has 0 spiro atoms. The SMILES string of the molecule is CCCn1c(N2CCN(c3ccccc3)CC2)c(C=C2SC(=S)N(CCCOC)C2=O)c(C)c(C#N)c1=O. The zero-order valence-corrected chi connectivity index (χ0v) is 23.7. The third-order valence-corrected chi connectivity index (χ3v) is 8.25. The number of carbonyl (C=O) groups excluding carboxylic acids is 1. The van der Waals surface area contributed by atoms with Gasteiger partial charge in [0.2, 0.25) is 0 Å². The number of piperazine rings is 1. The number of rotatable bonds is 9. The van der Waals surface area contributed by atoms with Crippen molar-refractivity contribution < 1.29 is 9.53 Å². The van der Waals surface area contributed by atoms with E-state index in [1.54, 1.807) is 23.5 Å². The van der Waals surface area contributed by atoms with E-state index in [1.807, 2.05) is 31.2 Å². The number of thiocarbonyl (C=S) groups is 1. The summed E-state index contributed by atoms with van der Waals surface area (Å²) in [4.78, 5) is 33.4. The van der Waals surface area contributed by atoms with Gasteiger partial charge in [-0.25, -0.2) is 0 Å². The van der Waals surface area contributed by atoms with Gasteiger partial charge in [-0.2, -0.15) is 5.26 Å². The Bertz CT molecular complexity index is 1320. The summed E-state index contributed by atoms with van der Waals surface area (Å²) in [7, 11) is 1.63. The maximum absolute atomic E-state index is 13.4. The second-order valence-electron chi connectivity index (χ2n) is 9.30. The molecule has 1 amide bonds. The molecule has 38 heavy (non-hydrogen) atoms. The molecule has 10 heteroatoms. The Morgan fingerprint density at radius 2 is 1.79 bits per heavy atom. The number of aromatic nitrogens is 1. The van der Waals surface area contributed by atoms with Crippen LogP contribution in [0.2, 0.25) is 0 Å². The Morgan fingerprint density at radius 1 is 1.11 bits per heavy atom. The van der Waals surface area contributed by atoms with Crippen LogP contribution in [-0.2, 0) is 16.1 Å². The lowest BCUT2D eigenvalue weighted by Gasteiger charge is -2.39. The summed E-state index contributed by atoms with van der Waals surface area (Å²) in [5, 5.41) is 9.88. The van der Waals surface area contributed by atoms with Crippen LogP contribution in [0.15, 0.2) is 40.0 Å². The molecule has 0 saturated carbocycles. The normalized spacial score (nSPS) is 17.0. The number of thioether (sulfide) groups is 1. The minimum Gasteiger partial charge on any atom is -0.385 e. The Kier molecular flexibility index (Phi) is 9.26. The highest BCUT2D eigenvalue weighted by molar-refractivity contribution is 8.26. The highest BCUT2D eigenvalue weighted by Gasteiger charge is 2.33. The number of carbonyl (C=O) groups is 1. The molecule has 1 aromatic carbocycles. The maximum atomic E-state index is 13.4. The first-order valence-corrected chi connectivity index (χ1v) is 14.1. The molecule has 3 heterocycles. The maximum Gasteiger partial charge on any atom is 0.270 e. The Labute approximate surface area is 233 Å². The summed E-state index contributed by atoms with van der Waals surface area (Å²) >= 11 is 6.77. The molecule has 2 aliphatic heterocycles. The molecule has 0 radical (unpaired) electrons. The third-order valence-electron chi connectivity index (χ3n) is 6.87. The number of methoxy groups -OCH3 is 1. The Morgan fingerprint density at radius 3 is 2.42 bits per heavy atom. The van der Waals surface area contributed by atoms with Crippen LogP contribution in [0.1, 0.15) is 36.5 Å². The van der Waals surface area contributed by atoms with Crippen LogP contribution in [0, 0.1) is 18.3 Å². The highest BCUT2D eigenvalue weighted by Crippen LogP contribution is 2.36.